The van der Waals surface area contributed by atoms with Gasteiger partial charge < -0.3 is 14.7 Å². The molecule has 2 aliphatic heterocycles. The van der Waals surface area contributed by atoms with E-state index in [4.69, 9.17) is 4.52 Å². The zero-order valence-electron chi connectivity index (χ0n) is 20.8. The van der Waals surface area contributed by atoms with Gasteiger partial charge in [-0.2, -0.15) is 4.98 Å². The molecule has 0 radical (unpaired) electrons. The smallest absolute Gasteiger partial charge is 0.255 e. The molecule has 0 unspecified atom stereocenters. The van der Waals surface area contributed by atoms with E-state index in [0.29, 0.717) is 29.5 Å². The maximum Gasteiger partial charge on any atom is 0.255 e. The zero-order chi connectivity index (χ0) is 24.9. The van der Waals surface area contributed by atoms with Crippen LogP contribution in [0.5, 0.6) is 0 Å². The molecule has 0 spiro atoms. The summed E-state index contributed by atoms with van der Waals surface area (Å²) in [5.74, 6) is 1.07. The molecule has 0 aliphatic carbocycles. The molecule has 2 saturated heterocycles. The van der Waals surface area contributed by atoms with Crippen molar-refractivity contribution >= 4 is 17.5 Å². The maximum atomic E-state index is 13.1. The average Bonchev–Trinajstić information content (AvgIpc) is 3.38. The highest BCUT2D eigenvalue weighted by Gasteiger charge is 2.28. The van der Waals surface area contributed by atoms with Gasteiger partial charge in [-0.15, -0.1) is 0 Å². The number of hydrogen-bond acceptors (Lipinski definition) is 6. The molecule has 3 aromatic rings. The number of nitrogens with one attached hydrogen (secondary N) is 1. The van der Waals surface area contributed by atoms with Crippen LogP contribution in [0.2, 0.25) is 0 Å². The van der Waals surface area contributed by atoms with Crippen molar-refractivity contribution in [2.75, 3.05) is 31.5 Å². The molecule has 0 atom stereocenters. The summed E-state index contributed by atoms with van der Waals surface area (Å²) in [5.41, 5.74) is 3.28. The third-order valence-corrected chi connectivity index (χ3v) is 7.12. The first kappa shape index (κ1) is 24.2. The predicted molar refractivity (Wildman–Crippen MR) is 137 cm³/mol. The number of carbonyl (C=O) groups is 2. The molecule has 8 heteroatoms. The molecule has 0 saturated carbocycles. The standard InChI is InChI=1S/C28H33N5O3/c1-20-8-7-9-22(18-20)26-30-25(36-31-26)19-32-16-12-21(13-17-32)27(34)29-24-11-4-3-10-23(24)28(35)33-14-5-2-6-15-33/h3-4,7-11,18,21H,2,5-6,12-17,19H2,1H3,(H,29,34). The number of benzene rings is 2. The van der Waals surface area contributed by atoms with Crippen molar-refractivity contribution < 1.29 is 14.1 Å². The van der Waals surface area contributed by atoms with Crippen LogP contribution in [0.15, 0.2) is 53.1 Å². The van der Waals surface area contributed by atoms with Gasteiger partial charge in [0, 0.05) is 24.6 Å². The van der Waals surface area contributed by atoms with Crippen LogP contribution in [0.4, 0.5) is 5.69 Å². The third-order valence-electron chi connectivity index (χ3n) is 7.12. The van der Waals surface area contributed by atoms with Gasteiger partial charge in [0.1, 0.15) is 0 Å². The number of aromatic nitrogens is 2. The van der Waals surface area contributed by atoms with E-state index >= 15 is 0 Å². The molecule has 2 amide bonds. The number of nitrogens with zero attached hydrogens (tertiary/aromatic N) is 4. The van der Waals surface area contributed by atoms with E-state index in [1.165, 1.54) is 6.42 Å². The Balaban J connectivity index is 1.15. The van der Waals surface area contributed by atoms with Crippen LogP contribution in [-0.2, 0) is 11.3 Å². The van der Waals surface area contributed by atoms with Crippen molar-refractivity contribution in [3.05, 3.63) is 65.5 Å². The first-order valence-electron chi connectivity index (χ1n) is 12.9. The second-order valence-corrected chi connectivity index (χ2v) is 9.82. The van der Waals surface area contributed by atoms with E-state index in [1.807, 2.05) is 60.4 Å². The summed E-state index contributed by atoms with van der Waals surface area (Å²) in [7, 11) is 0. The van der Waals surface area contributed by atoms with Crippen LogP contribution in [-0.4, -0.2) is 57.9 Å². The molecule has 1 N–H and O–H groups in total. The minimum Gasteiger partial charge on any atom is -0.339 e. The van der Waals surface area contributed by atoms with Gasteiger partial charge in [-0.05, 0) is 70.3 Å². The first-order valence-corrected chi connectivity index (χ1v) is 12.9. The molecule has 1 aromatic heterocycles. The summed E-state index contributed by atoms with van der Waals surface area (Å²) in [6, 6.07) is 15.4. The number of likely N-dealkylation sites (tertiary alicyclic amines) is 2. The van der Waals surface area contributed by atoms with Gasteiger partial charge in [0.15, 0.2) is 0 Å². The normalized spacial score (nSPS) is 17.2. The Bertz CT molecular complexity index is 1210. The molecule has 5 rings (SSSR count). The van der Waals surface area contributed by atoms with E-state index in [0.717, 1.165) is 63.0 Å². The van der Waals surface area contributed by atoms with Crippen LogP contribution in [0.1, 0.15) is 53.9 Å². The predicted octanol–water partition coefficient (Wildman–Crippen LogP) is 4.52. The Hall–Kier alpha value is -3.52. The molecule has 188 valence electrons. The first-order chi connectivity index (χ1) is 17.6. The van der Waals surface area contributed by atoms with Crippen LogP contribution in [0, 0.1) is 12.8 Å². The van der Waals surface area contributed by atoms with E-state index in [2.05, 4.69) is 20.4 Å². The van der Waals surface area contributed by atoms with Crippen molar-refractivity contribution in [1.29, 1.82) is 0 Å². The monoisotopic (exact) mass is 487 g/mol. The van der Waals surface area contributed by atoms with E-state index in [-0.39, 0.29) is 17.7 Å². The van der Waals surface area contributed by atoms with Gasteiger partial charge in [-0.1, -0.05) is 41.1 Å². The molecule has 2 aliphatic rings. The zero-order valence-corrected chi connectivity index (χ0v) is 20.8. The molecular formula is C28H33N5O3. The van der Waals surface area contributed by atoms with Gasteiger partial charge >= 0.3 is 0 Å². The Labute approximate surface area is 211 Å². The summed E-state index contributed by atoms with van der Waals surface area (Å²) in [5, 5.41) is 7.18. The van der Waals surface area contributed by atoms with Crippen LogP contribution < -0.4 is 5.32 Å². The summed E-state index contributed by atoms with van der Waals surface area (Å²) < 4.78 is 5.48. The number of piperidine rings is 2. The quantitative estimate of drug-likeness (QED) is 0.550. The van der Waals surface area contributed by atoms with Gasteiger partial charge in [0.05, 0.1) is 17.8 Å². The van der Waals surface area contributed by atoms with E-state index in [9.17, 15) is 9.59 Å². The second kappa shape index (κ2) is 11.0. The summed E-state index contributed by atoms with van der Waals surface area (Å²) in [6.45, 7) is 5.72. The average molecular weight is 488 g/mol. The molecule has 2 fully saturated rings. The molecule has 0 bridgehead atoms. The lowest BCUT2D eigenvalue weighted by Gasteiger charge is -2.30. The van der Waals surface area contributed by atoms with Crippen LogP contribution in [0.25, 0.3) is 11.4 Å². The number of anilines is 1. The van der Waals surface area contributed by atoms with Gasteiger partial charge in [0.2, 0.25) is 17.6 Å². The van der Waals surface area contributed by atoms with E-state index in [1.54, 1.807) is 0 Å². The maximum absolute atomic E-state index is 13.1. The lowest BCUT2D eigenvalue weighted by Crippen LogP contribution is -2.38. The fraction of sp³-hybridized carbons (Fsp3) is 0.429. The molecular weight excluding hydrogens is 454 g/mol. The van der Waals surface area contributed by atoms with Crippen molar-refractivity contribution in [2.24, 2.45) is 5.92 Å². The largest absolute Gasteiger partial charge is 0.339 e. The minimum absolute atomic E-state index is 0.00464. The SMILES string of the molecule is Cc1cccc(-c2noc(CN3CCC(C(=O)Nc4ccccc4C(=O)N4CCCCC4)CC3)n2)c1. The molecule has 36 heavy (non-hydrogen) atoms. The number of carbonyl (C=O) groups excluding carboxylic acids is 2. The van der Waals surface area contributed by atoms with Crippen LogP contribution >= 0.6 is 0 Å². The number of aryl methyl sites for hydroxylation is 1. The molecule has 2 aromatic carbocycles. The lowest BCUT2D eigenvalue weighted by molar-refractivity contribution is -0.121. The van der Waals surface area contributed by atoms with Crippen molar-refractivity contribution in [3.8, 4) is 11.4 Å². The van der Waals surface area contributed by atoms with Crippen LogP contribution in [0.3, 0.4) is 0 Å². The highest BCUT2D eigenvalue weighted by Crippen LogP contribution is 2.25. The summed E-state index contributed by atoms with van der Waals surface area (Å²) in [6.07, 6.45) is 4.73. The second-order valence-electron chi connectivity index (χ2n) is 9.82. The number of rotatable bonds is 6. The van der Waals surface area contributed by atoms with Crippen molar-refractivity contribution in [1.82, 2.24) is 19.9 Å². The lowest BCUT2D eigenvalue weighted by atomic mass is 9.95. The van der Waals surface area contributed by atoms with Crippen molar-refractivity contribution in [2.45, 2.75) is 45.6 Å². The highest BCUT2D eigenvalue weighted by atomic mass is 16.5. The fourth-order valence-electron chi connectivity index (χ4n) is 5.05. The summed E-state index contributed by atoms with van der Waals surface area (Å²) >= 11 is 0. The molecule has 8 nitrogen and oxygen atoms in total. The van der Waals surface area contributed by atoms with Crippen molar-refractivity contribution in [3.63, 3.8) is 0 Å². The van der Waals surface area contributed by atoms with E-state index < -0.39 is 0 Å². The minimum atomic E-state index is -0.0927. The highest BCUT2D eigenvalue weighted by molar-refractivity contribution is 6.04. The Morgan fingerprint density at radius 3 is 2.56 bits per heavy atom. The van der Waals surface area contributed by atoms with Gasteiger partial charge in [-0.3, -0.25) is 14.5 Å². The number of hydrogen-bond donors (Lipinski definition) is 1. The summed E-state index contributed by atoms with van der Waals surface area (Å²) in [4.78, 5) is 34.8. The fourth-order valence-corrected chi connectivity index (χ4v) is 5.05. The molecule has 3 heterocycles. The Morgan fingerprint density at radius 1 is 1.00 bits per heavy atom. The number of amides is 2. The van der Waals surface area contributed by atoms with Gasteiger partial charge in [0.25, 0.3) is 5.91 Å². The Morgan fingerprint density at radius 2 is 1.78 bits per heavy atom. The third kappa shape index (κ3) is 5.65. The topological polar surface area (TPSA) is 91.6 Å². The Kier molecular flexibility index (Phi) is 7.41. The van der Waals surface area contributed by atoms with Gasteiger partial charge in [-0.25, -0.2) is 0 Å². The number of para-hydroxylation sites is 1.